The lowest BCUT2D eigenvalue weighted by Crippen LogP contribution is -2.26. The summed E-state index contributed by atoms with van der Waals surface area (Å²) in [7, 11) is 0. The molecule has 0 aromatic heterocycles. The predicted molar refractivity (Wildman–Crippen MR) is 39.0 cm³/mol. The summed E-state index contributed by atoms with van der Waals surface area (Å²) >= 11 is 0. The minimum atomic E-state index is 0.639. The summed E-state index contributed by atoms with van der Waals surface area (Å²) in [4.78, 5) is 0. The second kappa shape index (κ2) is 2.87. The van der Waals surface area contributed by atoms with Crippen LogP contribution in [-0.4, -0.2) is 12.6 Å². The Hall–Kier alpha value is -0.500. The van der Waals surface area contributed by atoms with Gasteiger partial charge >= 0.3 is 0 Å². The zero-order valence-corrected chi connectivity index (χ0v) is 5.85. The van der Waals surface area contributed by atoms with E-state index in [-0.39, 0.29) is 0 Å². The molecule has 0 fully saturated rings. The predicted octanol–water partition coefficient (Wildman–Crippen LogP) is 0.601. The molecular weight excluding hydrogens is 112 g/mol. The lowest BCUT2D eigenvalue weighted by molar-refractivity contribution is 0.549. The summed E-state index contributed by atoms with van der Waals surface area (Å²) < 4.78 is 0. The standard InChI is InChI=1S/C7H14N2/c1-6-2-3-7(4-8)5-9-6/h5-6,9H,2-4,8H2,1H3. The molecule has 0 aromatic rings. The van der Waals surface area contributed by atoms with Crippen LogP contribution in [0, 0.1) is 0 Å². The van der Waals surface area contributed by atoms with Gasteiger partial charge in [-0.1, -0.05) is 0 Å². The normalized spacial score (nSPS) is 26.9. The molecule has 0 spiro atoms. The van der Waals surface area contributed by atoms with Crippen molar-refractivity contribution in [1.29, 1.82) is 0 Å². The molecule has 0 aliphatic carbocycles. The van der Waals surface area contributed by atoms with Crippen LogP contribution in [0.15, 0.2) is 11.8 Å². The van der Waals surface area contributed by atoms with E-state index < -0.39 is 0 Å². The number of rotatable bonds is 1. The molecule has 0 amide bonds. The van der Waals surface area contributed by atoms with Crippen LogP contribution in [-0.2, 0) is 0 Å². The Morgan fingerprint density at radius 2 is 2.67 bits per heavy atom. The summed E-state index contributed by atoms with van der Waals surface area (Å²) in [6, 6.07) is 0.639. The van der Waals surface area contributed by atoms with E-state index in [4.69, 9.17) is 5.73 Å². The van der Waals surface area contributed by atoms with Crippen molar-refractivity contribution in [2.45, 2.75) is 25.8 Å². The van der Waals surface area contributed by atoms with Gasteiger partial charge in [-0.15, -0.1) is 0 Å². The Bertz CT molecular complexity index is 118. The van der Waals surface area contributed by atoms with Crippen LogP contribution in [0.5, 0.6) is 0 Å². The van der Waals surface area contributed by atoms with Gasteiger partial charge in [0.05, 0.1) is 0 Å². The molecule has 1 atom stereocenters. The number of nitrogens with two attached hydrogens (primary N) is 1. The third-order valence-corrected chi connectivity index (χ3v) is 1.73. The van der Waals surface area contributed by atoms with Crippen LogP contribution >= 0.6 is 0 Å². The molecule has 0 aromatic carbocycles. The molecular formula is C7H14N2. The highest BCUT2D eigenvalue weighted by Crippen LogP contribution is 2.10. The number of hydrogen-bond donors (Lipinski definition) is 2. The van der Waals surface area contributed by atoms with Crippen LogP contribution < -0.4 is 11.1 Å². The third-order valence-electron chi connectivity index (χ3n) is 1.73. The summed E-state index contributed by atoms with van der Waals surface area (Å²) in [6.45, 7) is 2.89. The Morgan fingerprint density at radius 1 is 1.89 bits per heavy atom. The van der Waals surface area contributed by atoms with Gasteiger partial charge in [0.1, 0.15) is 0 Å². The fraction of sp³-hybridized carbons (Fsp3) is 0.714. The molecule has 2 heteroatoms. The first-order valence-corrected chi connectivity index (χ1v) is 3.47. The molecule has 52 valence electrons. The zero-order valence-electron chi connectivity index (χ0n) is 5.85. The molecule has 1 aliphatic rings. The van der Waals surface area contributed by atoms with Crippen molar-refractivity contribution in [2.75, 3.05) is 6.54 Å². The second-order valence-corrected chi connectivity index (χ2v) is 2.61. The first-order chi connectivity index (χ1) is 4.33. The molecule has 0 bridgehead atoms. The highest BCUT2D eigenvalue weighted by atomic mass is 14.9. The van der Waals surface area contributed by atoms with Crippen LogP contribution in [0.1, 0.15) is 19.8 Å². The van der Waals surface area contributed by atoms with Crippen molar-refractivity contribution in [2.24, 2.45) is 5.73 Å². The van der Waals surface area contributed by atoms with Gasteiger partial charge < -0.3 is 11.1 Å². The lowest BCUT2D eigenvalue weighted by Gasteiger charge is -2.19. The lowest BCUT2D eigenvalue weighted by atomic mass is 10.0. The minimum Gasteiger partial charge on any atom is -0.388 e. The van der Waals surface area contributed by atoms with Gasteiger partial charge in [-0.25, -0.2) is 0 Å². The van der Waals surface area contributed by atoms with Crippen LogP contribution in [0.3, 0.4) is 0 Å². The van der Waals surface area contributed by atoms with E-state index in [0.29, 0.717) is 12.6 Å². The zero-order chi connectivity index (χ0) is 6.69. The van der Waals surface area contributed by atoms with E-state index >= 15 is 0 Å². The van der Waals surface area contributed by atoms with Crippen molar-refractivity contribution >= 4 is 0 Å². The van der Waals surface area contributed by atoms with Gasteiger partial charge in [0, 0.05) is 12.6 Å². The monoisotopic (exact) mass is 126 g/mol. The van der Waals surface area contributed by atoms with Gasteiger partial charge in [-0.2, -0.15) is 0 Å². The summed E-state index contributed by atoms with van der Waals surface area (Å²) in [5.41, 5.74) is 6.78. The van der Waals surface area contributed by atoms with E-state index in [1.807, 2.05) is 6.20 Å². The van der Waals surface area contributed by atoms with E-state index in [1.165, 1.54) is 18.4 Å². The SMILES string of the molecule is CC1CCC(CN)=CN1. The average molecular weight is 126 g/mol. The number of hydrogen-bond acceptors (Lipinski definition) is 2. The molecule has 1 rings (SSSR count). The van der Waals surface area contributed by atoms with Crippen LogP contribution in [0.2, 0.25) is 0 Å². The Morgan fingerprint density at radius 3 is 3.11 bits per heavy atom. The maximum absolute atomic E-state index is 5.44. The van der Waals surface area contributed by atoms with E-state index in [1.54, 1.807) is 0 Å². The van der Waals surface area contributed by atoms with E-state index in [0.717, 1.165) is 0 Å². The van der Waals surface area contributed by atoms with Crippen LogP contribution in [0.25, 0.3) is 0 Å². The van der Waals surface area contributed by atoms with Gasteiger partial charge in [0.2, 0.25) is 0 Å². The van der Waals surface area contributed by atoms with E-state index in [2.05, 4.69) is 12.2 Å². The van der Waals surface area contributed by atoms with Crippen molar-refractivity contribution in [1.82, 2.24) is 5.32 Å². The maximum atomic E-state index is 5.44. The molecule has 0 saturated carbocycles. The van der Waals surface area contributed by atoms with Gasteiger partial charge in [-0.3, -0.25) is 0 Å². The van der Waals surface area contributed by atoms with Gasteiger partial charge in [0.15, 0.2) is 0 Å². The molecule has 9 heavy (non-hydrogen) atoms. The fourth-order valence-electron chi connectivity index (χ4n) is 0.979. The molecule has 1 unspecified atom stereocenters. The van der Waals surface area contributed by atoms with Gasteiger partial charge in [-0.05, 0) is 31.5 Å². The quantitative estimate of drug-likeness (QED) is 0.540. The first kappa shape index (κ1) is 6.62. The Balaban J connectivity index is 2.40. The smallest absolute Gasteiger partial charge is 0.0230 e. The largest absolute Gasteiger partial charge is 0.388 e. The minimum absolute atomic E-state index is 0.639. The fourth-order valence-corrected chi connectivity index (χ4v) is 0.979. The Kier molecular flexibility index (Phi) is 2.11. The average Bonchev–Trinajstić information content (AvgIpc) is 1.90. The van der Waals surface area contributed by atoms with Crippen molar-refractivity contribution in [3.8, 4) is 0 Å². The Labute approximate surface area is 56.1 Å². The third kappa shape index (κ3) is 1.72. The topological polar surface area (TPSA) is 38.0 Å². The van der Waals surface area contributed by atoms with Crippen molar-refractivity contribution in [3.05, 3.63) is 11.8 Å². The maximum Gasteiger partial charge on any atom is 0.0230 e. The second-order valence-electron chi connectivity index (χ2n) is 2.61. The summed E-state index contributed by atoms with van der Waals surface area (Å²) in [6.07, 6.45) is 4.45. The summed E-state index contributed by atoms with van der Waals surface area (Å²) in [5, 5.41) is 3.24. The molecule has 2 nitrogen and oxygen atoms in total. The summed E-state index contributed by atoms with van der Waals surface area (Å²) in [5.74, 6) is 0. The first-order valence-electron chi connectivity index (χ1n) is 3.47. The number of nitrogens with one attached hydrogen (secondary N) is 1. The van der Waals surface area contributed by atoms with Crippen molar-refractivity contribution < 1.29 is 0 Å². The van der Waals surface area contributed by atoms with E-state index in [9.17, 15) is 0 Å². The molecule has 0 radical (unpaired) electrons. The van der Waals surface area contributed by atoms with Crippen LogP contribution in [0.4, 0.5) is 0 Å². The molecule has 1 aliphatic heterocycles. The molecule has 3 N–H and O–H groups in total. The molecule has 1 heterocycles. The van der Waals surface area contributed by atoms with Gasteiger partial charge in [0.25, 0.3) is 0 Å². The highest BCUT2D eigenvalue weighted by molar-refractivity contribution is 5.06. The van der Waals surface area contributed by atoms with Crippen molar-refractivity contribution in [3.63, 3.8) is 0 Å². The molecule has 0 saturated heterocycles. The highest BCUT2D eigenvalue weighted by Gasteiger charge is 2.06.